The molecule has 0 bridgehead atoms. The fraction of sp³-hybridized carbons (Fsp3) is 0.235. The maximum atomic E-state index is 9.99. The van der Waals surface area contributed by atoms with Crippen LogP contribution in [0.25, 0.3) is 0 Å². The Morgan fingerprint density at radius 3 is 2.48 bits per heavy atom. The maximum Gasteiger partial charge on any atom is 0.139 e. The van der Waals surface area contributed by atoms with Crippen molar-refractivity contribution in [1.82, 2.24) is 0 Å². The third-order valence-electron chi connectivity index (χ3n) is 3.71. The van der Waals surface area contributed by atoms with Crippen molar-refractivity contribution in [2.45, 2.75) is 25.3 Å². The number of nitriles is 1. The van der Waals surface area contributed by atoms with Gasteiger partial charge in [-0.3, -0.25) is 0 Å². The molecule has 0 saturated carbocycles. The Labute approximate surface area is 126 Å². The second-order valence-electron chi connectivity index (χ2n) is 5.50. The molecule has 2 aromatic carbocycles. The van der Waals surface area contributed by atoms with E-state index in [1.54, 1.807) is 6.07 Å². The Bertz CT molecular complexity index is 661. The zero-order valence-corrected chi connectivity index (χ0v) is 12.4. The lowest BCUT2D eigenvalue weighted by molar-refractivity contribution is 0.456. The SMILES string of the molecule is Bc1ccc(C(C#N)CC(N)c2ccc(C)cc2O)cc1. The number of phenolic OH excluding ortho intramolecular Hbond substituents is 1. The van der Waals surface area contributed by atoms with Crippen LogP contribution in [-0.2, 0) is 0 Å². The Morgan fingerprint density at radius 2 is 1.90 bits per heavy atom. The Hall–Kier alpha value is -2.25. The van der Waals surface area contributed by atoms with Crippen molar-refractivity contribution in [3.63, 3.8) is 0 Å². The molecule has 0 spiro atoms. The highest BCUT2D eigenvalue weighted by Gasteiger charge is 2.18. The average Bonchev–Trinajstić information content (AvgIpc) is 2.45. The molecule has 2 aromatic rings. The fourth-order valence-corrected chi connectivity index (χ4v) is 2.41. The largest absolute Gasteiger partial charge is 0.508 e. The van der Waals surface area contributed by atoms with Crippen LogP contribution in [-0.4, -0.2) is 13.0 Å². The average molecular weight is 278 g/mol. The fourth-order valence-electron chi connectivity index (χ4n) is 2.41. The number of hydrogen-bond acceptors (Lipinski definition) is 3. The van der Waals surface area contributed by atoms with Gasteiger partial charge in [-0.25, -0.2) is 0 Å². The van der Waals surface area contributed by atoms with Gasteiger partial charge in [0.1, 0.15) is 13.6 Å². The molecule has 3 N–H and O–H groups in total. The Morgan fingerprint density at radius 1 is 1.24 bits per heavy atom. The van der Waals surface area contributed by atoms with Crippen LogP contribution >= 0.6 is 0 Å². The molecule has 106 valence electrons. The summed E-state index contributed by atoms with van der Waals surface area (Å²) < 4.78 is 0. The second-order valence-corrected chi connectivity index (χ2v) is 5.50. The van der Waals surface area contributed by atoms with Crippen LogP contribution in [0, 0.1) is 18.3 Å². The van der Waals surface area contributed by atoms with E-state index in [1.807, 2.05) is 51.2 Å². The molecule has 2 atom stereocenters. The molecule has 4 heteroatoms. The van der Waals surface area contributed by atoms with Crippen LogP contribution < -0.4 is 11.2 Å². The lowest BCUT2D eigenvalue weighted by atomic mass is 9.87. The third kappa shape index (κ3) is 3.65. The quantitative estimate of drug-likeness (QED) is 0.835. The van der Waals surface area contributed by atoms with Crippen molar-refractivity contribution in [3.05, 3.63) is 59.2 Å². The molecule has 0 aliphatic carbocycles. The van der Waals surface area contributed by atoms with Crippen molar-refractivity contribution in [2.75, 3.05) is 0 Å². The zero-order chi connectivity index (χ0) is 15.4. The highest BCUT2D eigenvalue weighted by atomic mass is 16.3. The molecule has 0 saturated heterocycles. The molecule has 0 radical (unpaired) electrons. The number of nitrogens with zero attached hydrogens (tertiary/aromatic N) is 1. The van der Waals surface area contributed by atoms with Gasteiger partial charge in [0, 0.05) is 11.6 Å². The molecule has 0 amide bonds. The number of nitrogens with two attached hydrogens (primary N) is 1. The predicted molar refractivity (Wildman–Crippen MR) is 87.4 cm³/mol. The van der Waals surface area contributed by atoms with Crippen molar-refractivity contribution in [3.8, 4) is 11.8 Å². The summed E-state index contributed by atoms with van der Waals surface area (Å²) in [5.41, 5.74) is 9.98. The van der Waals surface area contributed by atoms with E-state index in [0.29, 0.717) is 12.0 Å². The van der Waals surface area contributed by atoms with E-state index < -0.39 is 0 Å². The molecule has 0 aromatic heterocycles. The topological polar surface area (TPSA) is 70.0 Å². The number of hydrogen-bond donors (Lipinski definition) is 2. The first-order valence-electron chi connectivity index (χ1n) is 7.02. The van der Waals surface area contributed by atoms with Gasteiger partial charge in [-0.2, -0.15) is 5.26 Å². The van der Waals surface area contributed by atoms with Crippen molar-refractivity contribution in [1.29, 1.82) is 5.26 Å². The van der Waals surface area contributed by atoms with Crippen LogP contribution in [0.15, 0.2) is 42.5 Å². The second kappa shape index (κ2) is 6.47. The summed E-state index contributed by atoms with van der Waals surface area (Å²) in [5, 5.41) is 19.4. The van der Waals surface area contributed by atoms with E-state index >= 15 is 0 Å². The molecular formula is C17H19BN2O. The highest BCUT2D eigenvalue weighted by molar-refractivity contribution is 6.32. The number of aromatic hydroxyl groups is 1. The van der Waals surface area contributed by atoms with Gasteiger partial charge in [-0.1, -0.05) is 41.9 Å². The van der Waals surface area contributed by atoms with E-state index in [1.165, 1.54) is 0 Å². The molecule has 2 unspecified atom stereocenters. The maximum absolute atomic E-state index is 9.99. The molecule has 2 rings (SSSR count). The van der Waals surface area contributed by atoms with Crippen LogP contribution in [0.5, 0.6) is 5.75 Å². The summed E-state index contributed by atoms with van der Waals surface area (Å²) in [6.45, 7) is 1.92. The minimum Gasteiger partial charge on any atom is -0.508 e. The van der Waals surface area contributed by atoms with Gasteiger partial charge in [0.2, 0.25) is 0 Å². The zero-order valence-electron chi connectivity index (χ0n) is 12.4. The lowest BCUT2D eigenvalue weighted by Crippen LogP contribution is -2.15. The minimum absolute atomic E-state index is 0.197. The monoisotopic (exact) mass is 278 g/mol. The summed E-state index contributed by atoms with van der Waals surface area (Å²) in [6, 6.07) is 15.3. The summed E-state index contributed by atoms with van der Waals surface area (Å²) in [5.74, 6) is -0.0793. The highest BCUT2D eigenvalue weighted by Crippen LogP contribution is 2.31. The molecule has 0 aliphatic rings. The predicted octanol–water partition coefficient (Wildman–Crippen LogP) is 1.66. The molecule has 0 aliphatic heterocycles. The van der Waals surface area contributed by atoms with Crippen LogP contribution in [0.4, 0.5) is 0 Å². The lowest BCUT2D eigenvalue weighted by Gasteiger charge is -2.17. The van der Waals surface area contributed by atoms with E-state index in [-0.39, 0.29) is 17.7 Å². The van der Waals surface area contributed by atoms with Crippen LogP contribution in [0.3, 0.4) is 0 Å². The molecular weight excluding hydrogens is 259 g/mol. The summed E-state index contributed by atoms with van der Waals surface area (Å²) in [4.78, 5) is 0. The Balaban J connectivity index is 2.18. The number of rotatable bonds is 4. The number of aryl methyl sites for hydroxylation is 1. The van der Waals surface area contributed by atoms with Crippen molar-refractivity contribution in [2.24, 2.45) is 5.73 Å². The number of phenols is 1. The smallest absolute Gasteiger partial charge is 0.139 e. The minimum atomic E-state index is -0.364. The standard InChI is InChI=1S/C17H19BN2O/c1-11-2-7-15(17(21)8-11)16(20)9-13(10-19)12-3-5-14(18)6-4-12/h2-8,13,16,21H,9,18,20H2,1H3. The third-order valence-corrected chi connectivity index (χ3v) is 3.71. The van der Waals surface area contributed by atoms with Crippen LogP contribution in [0.2, 0.25) is 0 Å². The first-order valence-corrected chi connectivity index (χ1v) is 7.02. The van der Waals surface area contributed by atoms with Gasteiger partial charge in [-0.05, 0) is 30.5 Å². The van der Waals surface area contributed by atoms with Gasteiger partial charge in [0.25, 0.3) is 0 Å². The summed E-state index contributed by atoms with van der Waals surface area (Å²) in [6.07, 6.45) is 0.482. The Kier molecular flexibility index (Phi) is 4.67. The number of benzene rings is 2. The van der Waals surface area contributed by atoms with Crippen LogP contribution in [0.1, 0.15) is 35.1 Å². The summed E-state index contributed by atoms with van der Waals surface area (Å²) in [7, 11) is 2.02. The first kappa shape index (κ1) is 15.1. The van der Waals surface area contributed by atoms with E-state index in [4.69, 9.17) is 5.73 Å². The van der Waals surface area contributed by atoms with Gasteiger partial charge in [0.05, 0.1) is 12.0 Å². The normalized spacial score (nSPS) is 13.4. The summed E-state index contributed by atoms with van der Waals surface area (Å²) >= 11 is 0. The molecule has 0 fully saturated rings. The molecule has 0 heterocycles. The van der Waals surface area contributed by atoms with Crippen molar-refractivity contribution >= 4 is 13.3 Å². The molecule has 21 heavy (non-hydrogen) atoms. The van der Waals surface area contributed by atoms with E-state index in [0.717, 1.165) is 16.6 Å². The molecule has 3 nitrogen and oxygen atoms in total. The van der Waals surface area contributed by atoms with Gasteiger partial charge in [0.15, 0.2) is 0 Å². The van der Waals surface area contributed by atoms with Crippen molar-refractivity contribution < 1.29 is 5.11 Å². The van der Waals surface area contributed by atoms with E-state index in [9.17, 15) is 10.4 Å². The van der Waals surface area contributed by atoms with Gasteiger partial charge >= 0.3 is 0 Å². The van der Waals surface area contributed by atoms with Gasteiger partial charge in [-0.15, -0.1) is 0 Å². The first-order chi connectivity index (χ1) is 10.0. The van der Waals surface area contributed by atoms with E-state index in [2.05, 4.69) is 6.07 Å². The van der Waals surface area contributed by atoms with Gasteiger partial charge < -0.3 is 10.8 Å².